The zero-order chi connectivity index (χ0) is 7.56. The summed E-state index contributed by atoms with van der Waals surface area (Å²) >= 11 is 0. The third kappa shape index (κ3) is 1.98. The number of hydrogen-bond acceptors (Lipinski definition) is 1. The molecular formula is C9H19N. The number of rotatable bonds is 1. The SMILES string of the molecule is CCC1CC(C)CC(C)N1. The second-order valence-electron chi connectivity index (χ2n) is 3.75. The van der Waals surface area contributed by atoms with Gasteiger partial charge in [0.1, 0.15) is 0 Å². The van der Waals surface area contributed by atoms with Gasteiger partial charge in [0.25, 0.3) is 0 Å². The molecule has 0 aromatic rings. The van der Waals surface area contributed by atoms with Crippen molar-refractivity contribution in [1.82, 2.24) is 5.32 Å². The molecule has 3 unspecified atom stereocenters. The maximum atomic E-state index is 3.60. The van der Waals surface area contributed by atoms with Crippen molar-refractivity contribution < 1.29 is 0 Å². The first-order valence-electron chi connectivity index (χ1n) is 4.48. The first kappa shape index (κ1) is 8.06. The molecule has 1 rings (SSSR count). The maximum Gasteiger partial charge on any atom is 0.00694 e. The maximum absolute atomic E-state index is 3.60. The molecule has 0 aromatic carbocycles. The molecule has 0 aromatic heterocycles. The molecule has 0 radical (unpaired) electrons. The van der Waals surface area contributed by atoms with E-state index in [-0.39, 0.29) is 0 Å². The molecular weight excluding hydrogens is 122 g/mol. The van der Waals surface area contributed by atoms with Crippen LogP contribution in [-0.4, -0.2) is 12.1 Å². The topological polar surface area (TPSA) is 12.0 Å². The lowest BCUT2D eigenvalue weighted by Crippen LogP contribution is -2.42. The molecule has 3 atom stereocenters. The fourth-order valence-corrected chi connectivity index (χ4v) is 2.01. The quantitative estimate of drug-likeness (QED) is 0.590. The van der Waals surface area contributed by atoms with Crippen molar-refractivity contribution in [2.75, 3.05) is 0 Å². The van der Waals surface area contributed by atoms with Gasteiger partial charge in [0.2, 0.25) is 0 Å². The van der Waals surface area contributed by atoms with E-state index in [1.165, 1.54) is 19.3 Å². The van der Waals surface area contributed by atoms with Gasteiger partial charge in [0, 0.05) is 12.1 Å². The molecule has 1 heterocycles. The lowest BCUT2D eigenvalue weighted by Gasteiger charge is -2.32. The summed E-state index contributed by atoms with van der Waals surface area (Å²) in [4.78, 5) is 0. The Morgan fingerprint density at radius 3 is 2.50 bits per heavy atom. The third-order valence-electron chi connectivity index (χ3n) is 2.46. The normalized spacial score (nSPS) is 41.7. The molecule has 1 N–H and O–H groups in total. The molecule has 1 aliphatic heterocycles. The van der Waals surface area contributed by atoms with Gasteiger partial charge >= 0.3 is 0 Å². The van der Waals surface area contributed by atoms with Crippen LogP contribution >= 0.6 is 0 Å². The van der Waals surface area contributed by atoms with Crippen LogP contribution in [0.25, 0.3) is 0 Å². The molecule has 0 bridgehead atoms. The van der Waals surface area contributed by atoms with E-state index in [2.05, 4.69) is 26.1 Å². The van der Waals surface area contributed by atoms with Crippen LogP contribution in [0.2, 0.25) is 0 Å². The Hall–Kier alpha value is -0.0400. The number of nitrogens with one attached hydrogen (secondary N) is 1. The second kappa shape index (κ2) is 3.38. The Balaban J connectivity index is 2.35. The minimum absolute atomic E-state index is 0.744. The average molecular weight is 141 g/mol. The average Bonchev–Trinajstić information content (AvgIpc) is 1.85. The van der Waals surface area contributed by atoms with Crippen LogP contribution in [0.1, 0.15) is 40.0 Å². The van der Waals surface area contributed by atoms with Gasteiger partial charge in [-0.05, 0) is 32.1 Å². The number of hydrogen-bond donors (Lipinski definition) is 1. The van der Waals surface area contributed by atoms with Crippen molar-refractivity contribution in [2.45, 2.75) is 52.1 Å². The van der Waals surface area contributed by atoms with Gasteiger partial charge in [-0.15, -0.1) is 0 Å². The van der Waals surface area contributed by atoms with E-state index in [9.17, 15) is 0 Å². The highest BCUT2D eigenvalue weighted by atomic mass is 15.0. The minimum Gasteiger partial charge on any atom is -0.311 e. The van der Waals surface area contributed by atoms with E-state index in [0.717, 1.165) is 18.0 Å². The van der Waals surface area contributed by atoms with Crippen molar-refractivity contribution >= 4 is 0 Å². The molecule has 0 amide bonds. The van der Waals surface area contributed by atoms with Crippen LogP contribution in [0.4, 0.5) is 0 Å². The van der Waals surface area contributed by atoms with Crippen LogP contribution in [0, 0.1) is 5.92 Å². The fraction of sp³-hybridized carbons (Fsp3) is 1.00. The Kier molecular flexibility index (Phi) is 2.72. The monoisotopic (exact) mass is 141 g/mol. The summed E-state index contributed by atoms with van der Waals surface area (Å²) in [6.07, 6.45) is 4.02. The van der Waals surface area contributed by atoms with Crippen LogP contribution in [0.3, 0.4) is 0 Å². The van der Waals surface area contributed by atoms with Crippen molar-refractivity contribution in [1.29, 1.82) is 0 Å². The molecule has 1 nitrogen and oxygen atoms in total. The molecule has 0 aliphatic carbocycles. The van der Waals surface area contributed by atoms with Gasteiger partial charge < -0.3 is 5.32 Å². The molecule has 10 heavy (non-hydrogen) atoms. The molecule has 60 valence electrons. The summed E-state index contributed by atoms with van der Waals surface area (Å²) in [7, 11) is 0. The molecule has 1 fully saturated rings. The Morgan fingerprint density at radius 2 is 2.00 bits per heavy atom. The van der Waals surface area contributed by atoms with Gasteiger partial charge in [-0.3, -0.25) is 0 Å². The first-order valence-corrected chi connectivity index (χ1v) is 4.48. The predicted octanol–water partition coefficient (Wildman–Crippen LogP) is 2.17. The molecule has 1 aliphatic rings. The largest absolute Gasteiger partial charge is 0.311 e. The number of piperidine rings is 1. The summed E-state index contributed by atoms with van der Waals surface area (Å²) in [6.45, 7) is 6.92. The summed E-state index contributed by atoms with van der Waals surface area (Å²) in [6, 6.07) is 1.53. The van der Waals surface area contributed by atoms with E-state index in [0.29, 0.717) is 0 Å². The first-order chi connectivity index (χ1) is 4.72. The van der Waals surface area contributed by atoms with Gasteiger partial charge in [0.15, 0.2) is 0 Å². The molecule has 1 saturated heterocycles. The van der Waals surface area contributed by atoms with Crippen LogP contribution in [0.15, 0.2) is 0 Å². The summed E-state index contributed by atoms with van der Waals surface area (Å²) in [5.74, 6) is 0.932. The summed E-state index contributed by atoms with van der Waals surface area (Å²) in [5.41, 5.74) is 0. The Labute approximate surface area is 64.2 Å². The van der Waals surface area contributed by atoms with E-state index in [1.807, 2.05) is 0 Å². The van der Waals surface area contributed by atoms with Gasteiger partial charge in [-0.1, -0.05) is 13.8 Å². The highest BCUT2D eigenvalue weighted by Gasteiger charge is 2.20. The Bertz CT molecular complexity index is 90.9. The zero-order valence-corrected chi connectivity index (χ0v) is 7.35. The lowest BCUT2D eigenvalue weighted by molar-refractivity contribution is 0.262. The molecule has 1 heteroatoms. The van der Waals surface area contributed by atoms with Crippen LogP contribution in [-0.2, 0) is 0 Å². The van der Waals surface area contributed by atoms with E-state index in [4.69, 9.17) is 0 Å². The minimum atomic E-state index is 0.744. The van der Waals surface area contributed by atoms with Gasteiger partial charge in [0.05, 0.1) is 0 Å². The van der Waals surface area contributed by atoms with Crippen molar-refractivity contribution in [2.24, 2.45) is 5.92 Å². The highest BCUT2D eigenvalue weighted by Crippen LogP contribution is 2.20. The Morgan fingerprint density at radius 1 is 1.30 bits per heavy atom. The summed E-state index contributed by atoms with van der Waals surface area (Å²) < 4.78 is 0. The second-order valence-corrected chi connectivity index (χ2v) is 3.75. The molecule has 0 spiro atoms. The summed E-state index contributed by atoms with van der Waals surface area (Å²) in [5, 5.41) is 3.60. The van der Waals surface area contributed by atoms with Gasteiger partial charge in [-0.25, -0.2) is 0 Å². The van der Waals surface area contributed by atoms with Crippen molar-refractivity contribution in [3.05, 3.63) is 0 Å². The highest BCUT2D eigenvalue weighted by molar-refractivity contribution is 4.80. The standard InChI is InChI=1S/C9H19N/c1-4-9-6-7(2)5-8(3)10-9/h7-10H,4-6H2,1-3H3. The van der Waals surface area contributed by atoms with Gasteiger partial charge in [-0.2, -0.15) is 0 Å². The fourth-order valence-electron chi connectivity index (χ4n) is 2.01. The van der Waals surface area contributed by atoms with E-state index < -0.39 is 0 Å². The predicted molar refractivity (Wildman–Crippen MR) is 45.1 cm³/mol. The van der Waals surface area contributed by atoms with Crippen LogP contribution < -0.4 is 5.32 Å². The lowest BCUT2D eigenvalue weighted by atomic mass is 9.89. The smallest absolute Gasteiger partial charge is 0.00694 e. The van der Waals surface area contributed by atoms with Crippen molar-refractivity contribution in [3.8, 4) is 0 Å². The van der Waals surface area contributed by atoms with Crippen LogP contribution in [0.5, 0.6) is 0 Å². The zero-order valence-electron chi connectivity index (χ0n) is 7.35. The van der Waals surface area contributed by atoms with E-state index >= 15 is 0 Å². The molecule has 0 saturated carbocycles. The van der Waals surface area contributed by atoms with Crippen molar-refractivity contribution in [3.63, 3.8) is 0 Å². The van der Waals surface area contributed by atoms with E-state index in [1.54, 1.807) is 0 Å². The third-order valence-corrected chi connectivity index (χ3v) is 2.46.